The lowest BCUT2D eigenvalue weighted by molar-refractivity contribution is 1.14. The van der Waals surface area contributed by atoms with Crippen LogP contribution < -0.4 is 4.90 Å². The number of hydrogen-bond acceptors (Lipinski definition) is 2. The van der Waals surface area contributed by atoms with Crippen LogP contribution in [0.1, 0.15) is 0 Å². The predicted molar refractivity (Wildman–Crippen MR) is 286 cm³/mol. The van der Waals surface area contributed by atoms with Crippen molar-refractivity contribution in [3.63, 3.8) is 0 Å². The second kappa shape index (κ2) is 17.5. The Hall–Kier alpha value is -8.50. The molecule has 12 rings (SSSR count). The molecule has 67 heavy (non-hydrogen) atoms. The van der Waals surface area contributed by atoms with Gasteiger partial charge in [0.1, 0.15) is 0 Å². The number of anilines is 3. The van der Waals surface area contributed by atoms with E-state index in [1.807, 2.05) is 11.3 Å². The van der Waals surface area contributed by atoms with E-state index in [1.54, 1.807) is 0 Å². The molecule has 0 spiro atoms. The lowest BCUT2D eigenvalue weighted by Crippen LogP contribution is -2.09. The van der Waals surface area contributed by atoms with Crippen molar-refractivity contribution in [2.75, 3.05) is 4.90 Å². The molecular weight excluding hydrogens is 829 g/mol. The highest BCUT2D eigenvalue weighted by molar-refractivity contribution is 7.18. The molecule has 10 aromatic carbocycles. The molecule has 0 fully saturated rings. The smallest absolute Gasteiger partial charge is 0.0620 e. The molecule has 0 aliphatic rings. The Morgan fingerprint density at radius 1 is 0.284 bits per heavy atom. The highest BCUT2D eigenvalue weighted by Crippen LogP contribution is 2.47. The van der Waals surface area contributed by atoms with Gasteiger partial charge in [-0.05, 0) is 111 Å². The highest BCUT2D eigenvalue weighted by Gasteiger charge is 2.24. The molecule has 2 nitrogen and oxygen atoms in total. The third kappa shape index (κ3) is 7.52. The number of fused-ring (bicyclic) bond motifs is 3. The molecular formula is C64H44N2S. The molecule has 0 amide bonds. The highest BCUT2D eigenvalue weighted by atomic mass is 32.1. The van der Waals surface area contributed by atoms with E-state index in [4.69, 9.17) is 0 Å². The van der Waals surface area contributed by atoms with E-state index in [9.17, 15) is 0 Å². The monoisotopic (exact) mass is 872 g/mol. The van der Waals surface area contributed by atoms with Crippen LogP contribution in [0.2, 0.25) is 0 Å². The van der Waals surface area contributed by atoms with Crippen LogP contribution in [0.4, 0.5) is 17.1 Å². The Balaban J connectivity index is 0.933. The molecule has 3 heteroatoms. The van der Waals surface area contributed by atoms with E-state index in [2.05, 4.69) is 276 Å². The van der Waals surface area contributed by atoms with Crippen LogP contribution >= 0.6 is 11.3 Å². The first-order chi connectivity index (χ1) is 33.2. The number of aromatic nitrogens is 1. The summed E-state index contributed by atoms with van der Waals surface area (Å²) in [6.07, 6.45) is 0. The Bertz CT molecular complexity index is 3530. The largest absolute Gasteiger partial charge is 0.311 e. The first-order valence-electron chi connectivity index (χ1n) is 22.8. The first-order valence-corrected chi connectivity index (χ1v) is 23.6. The third-order valence-corrected chi connectivity index (χ3v) is 14.0. The van der Waals surface area contributed by atoms with E-state index >= 15 is 0 Å². The molecule has 0 aliphatic heterocycles. The van der Waals surface area contributed by atoms with Crippen molar-refractivity contribution in [2.24, 2.45) is 0 Å². The van der Waals surface area contributed by atoms with E-state index in [1.165, 1.54) is 87.2 Å². The maximum atomic E-state index is 2.49. The van der Waals surface area contributed by atoms with Gasteiger partial charge in [-0.15, -0.1) is 11.3 Å². The van der Waals surface area contributed by atoms with Gasteiger partial charge in [-0.3, -0.25) is 0 Å². The third-order valence-electron chi connectivity index (χ3n) is 12.9. The van der Waals surface area contributed by atoms with Gasteiger partial charge in [0.25, 0.3) is 0 Å². The zero-order valence-corrected chi connectivity index (χ0v) is 37.5. The topological polar surface area (TPSA) is 8.17 Å². The molecule has 2 heterocycles. The molecule has 2 aromatic heterocycles. The van der Waals surface area contributed by atoms with Gasteiger partial charge >= 0.3 is 0 Å². The molecule has 0 saturated heterocycles. The van der Waals surface area contributed by atoms with E-state index in [0.717, 1.165) is 22.7 Å². The van der Waals surface area contributed by atoms with Gasteiger partial charge in [-0.2, -0.15) is 0 Å². The van der Waals surface area contributed by atoms with Crippen LogP contribution in [-0.4, -0.2) is 4.57 Å². The van der Waals surface area contributed by atoms with Crippen molar-refractivity contribution in [1.82, 2.24) is 4.57 Å². The molecule has 316 valence electrons. The Morgan fingerprint density at radius 3 is 1.25 bits per heavy atom. The SMILES string of the molecule is c1ccc(-c2ccc(N(c3ccc(-c4ccccc4)cc3)c3ccc(-c4ccc(-c5cccc6c5ccc5c(-c7ccccc7)c(-c7ccccc7)n(-c7ccccc7)c56)s4)cc3)cc2)cc1. The number of hydrogen-bond donors (Lipinski definition) is 0. The minimum absolute atomic E-state index is 1.10. The molecule has 0 N–H and O–H groups in total. The van der Waals surface area contributed by atoms with Gasteiger partial charge in [-0.25, -0.2) is 0 Å². The summed E-state index contributed by atoms with van der Waals surface area (Å²) < 4.78 is 2.49. The first kappa shape index (κ1) is 40.0. The molecule has 12 aromatic rings. The maximum absolute atomic E-state index is 2.49. The number of thiophene rings is 1. The van der Waals surface area contributed by atoms with Crippen molar-refractivity contribution in [1.29, 1.82) is 0 Å². The molecule has 0 unspecified atom stereocenters. The summed E-state index contributed by atoms with van der Waals surface area (Å²) in [5.74, 6) is 0. The maximum Gasteiger partial charge on any atom is 0.0620 e. The Labute approximate surface area is 395 Å². The van der Waals surface area contributed by atoms with Crippen molar-refractivity contribution in [2.45, 2.75) is 0 Å². The fourth-order valence-corrected chi connectivity index (χ4v) is 10.7. The van der Waals surface area contributed by atoms with Crippen LogP contribution in [0.15, 0.2) is 267 Å². The van der Waals surface area contributed by atoms with Gasteiger partial charge in [0.05, 0.1) is 11.2 Å². The lowest BCUT2D eigenvalue weighted by Gasteiger charge is -2.26. The number of rotatable bonds is 10. The quantitative estimate of drug-likeness (QED) is 0.133. The van der Waals surface area contributed by atoms with Crippen molar-refractivity contribution in [3.8, 4) is 71.2 Å². The normalized spacial score (nSPS) is 11.3. The van der Waals surface area contributed by atoms with Crippen molar-refractivity contribution >= 4 is 50.1 Å². The summed E-state index contributed by atoms with van der Waals surface area (Å²) in [6, 6.07) is 96.6. The minimum Gasteiger partial charge on any atom is -0.311 e. The molecule has 0 bridgehead atoms. The fourth-order valence-electron chi connectivity index (χ4n) is 9.68. The van der Waals surface area contributed by atoms with Gasteiger partial charge in [0.2, 0.25) is 0 Å². The number of nitrogens with zero attached hydrogens (tertiary/aromatic N) is 2. The molecule has 0 atom stereocenters. The molecule has 0 radical (unpaired) electrons. The van der Waals surface area contributed by atoms with E-state index in [-0.39, 0.29) is 0 Å². The summed E-state index contributed by atoms with van der Waals surface area (Å²) in [4.78, 5) is 4.82. The summed E-state index contributed by atoms with van der Waals surface area (Å²) in [6.45, 7) is 0. The standard InChI is InChI=1S/C64H44N2S/c1-6-17-45(18-7-1)47-29-35-53(36-30-47)65(54-37-31-48(32-38-54)46-19-8-2-9-20-46)55-39-33-49(34-40-55)60-43-44-61(67-60)57-27-16-28-58-56(57)41-42-59-62(50-21-10-3-11-22-50)63(51-23-12-4-13-24-51)66(64(58)59)52-25-14-5-15-26-52/h1-44H. The van der Waals surface area contributed by atoms with Gasteiger partial charge in [0.15, 0.2) is 0 Å². The van der Waals surface area contributed by atoms with Crippen molar-refractivity contribution < 1.29 is 0 Å². The van der Waals surface area contributed by atoms with Crippen LogP contribution in [0.25, 0.3) is 92.9 Å². The number of para-hydroxylation sites is 1. The predicted octanol–water partition coefficient (Wildman–Crippen LogP) is 18.3. The summed E-state index contributed by atoms with van der Waals surface area (Å²) in [5, 5.41) is 3.70. The average molecular weight is 873 g/mol. The van der Waals surface area contributed by atoms with Gasteiger partial charge in [0, 0.05) is 48.8 Å². The van der Waals surface area contributed by atoms with Crippen LogP contribution in [0, 0.1) is 0 Å². The zero-order chi connectivity index (χ0) is 44.5. The van der Waals surface area contributed by atoms with E-state index < -0.39 is 0 Å². The Morgan fingerprint density at radius 2 is 0.716 bits per heavy atom. The van der Waals surface area contributed by atoms with Gasteiger partial charge < -0.3 is 9.47 Å². The van der Waals surface area contributed by atoms with Crippen LogP contribution in [-0.2, 0) is 0 Å². The fraction of sp³-hybridized carbons (Fsp3) is 0. The van der Waals surface area contributed by atoms with E-state index in [0.29, 0.717) is 0 Å². The second-order valence-corrected chi connectivity index (χ2v) is 17.9. The molecule has 0 saturated carbocycles. The lowest BCUT2D eigenvalue weighted by atomic mass is 9.96. The van der Waals surface area contributed by atoms with Crippen LogP contribution in [0.3, 0.4) is 0 Å². The Kier molecular flexibility index (Phi) is 10.4. The zero-order valence-electron chi connectivity index (χ0n) is 36.7. The summed E-state index contributed by atoms with van der Waals surface area (Å²) in [7, 11) is 0. The van der Waals surface area contributed by atoms with Gasteiger partial charge in [-0.1, -0.05) is 206 Å². The molecule has 0 aliphatic carbocycles. The average Bonchev–Trinajstić information content (AvgIpc) is 4.05. The summed E-state index contributed by atoms with van der Waals surface area (Å²) in [5.41, 5.74) is 17.7. The second-order valence-electron chi connectivity index (χ2n) is 16.9. The van der Waals surface area contributed by atoms with Crippen LogP contribution in [0.5, 0.6) is 0 Å². The summed E-state index contributed by atoms with van der Waals surface area (Å²) >= 11 is 1.85. The number of benzene rings is 10. The minimum atomic E-state index is 1.10. The van der Waals surface area contributed by atoms with Crippen molar-refractivity contribution in [3.05, 3.63) is 267 Å².